The Morgan fingerprint density at radius 2 is 1.85 bits per heavy atom. The van der Waals surface area contributed by atoms with Gasteiger partial charge in [0.15, 0.2) is 0 Å². The van der Waals surface area contributed by atoms with Crippen LogP contribution in [-0.2, 0) is 4.79 Å². The van der Waals surface area contributed by atoms with Crippen molar-refractivity contribution in [2.45, 2.75) is 20.3 Å². The lowest BCUT2D eigenvalue weighted by Crippen LogP contribution is -1.84. The lowest BCUT2D eigenvalue weighted by atomic mass is 10.0. The fourth-order valence-electron chi connectivity index (χ4n) is 1.33. The minimum atomic E-state index is 0.494. The van der Waals surface area contributed by atoms with E-state index in [1.165, 1.54) is 16.7 Å². The first-order valence-electron chi connectivity index (χ1n) is 4.42. The Kier molecular flexibility index (Phi) is 3.44. The highest BCUT2D eigenvalue weighted by molar-refractivity contribution is 5.61. The quantitative estimate of drug-likeness (QED) is 0.644. The van der Waals surface area contributed by atoms with Crippen LogP contribution in [0.5, 0.6) is 0 Å². The lowest BCUT2D eigenvalue weighted by Gasteiger charge is -2.03. The van der Waals surface area contributed by atoms with E-state index in [-0.39, 0.29) is 0 Å². The number of aryl methyl sites for hydroxylation is 2. The average molecular weight is 174 g/mol. The zero-order valence-corrected chi connectivity index (χ0v) is 8.08. The van der Waals surface area contributed by atoms with Crippen molar-refractivity contribution in [1.29, 1.82) is 0 Å². The summed E-state index contributed by atoms with van der Waals surface area (Å²) in [7, 11) is 0. The van der Waals surface area contributed by atoms with Crippen molar-refractivity contribution in [3.8, 4) is 0 Å². The van der Waals surface area contributed by atoms with Gasteiger partial charge in [-0.1, -0.05) is 30.4 Å². The molecular formula is C12H14O. The summed E-state index contributed by atoms with van der Waals surface area (Å²) in [5.74, 6) is 0. The van der Waals surface area contributed by atoms with Crippen molar-refractivity contribution in [1.82, 2.24) is 0 Å². The summed E-state index contributed by atoms with van der Waals surface area (Å²) in [4.78, 5) is 10.1. The standard InChI is InChI=1S/C12H14O/c1-10-6-5-7-11(2)12(10)8-3-4-9-13/h3,5-9H,4H2,1-2H3. The van der Waals surface area contributed by atoms with Gasteiger partial charge in [0.1, 0.15) is 6.29 Å². The molecule has 0 amide bonds. The normalized spacial score (nSPS) is 10.6. The molecule has 0 radical (unpaired) electrons. The highest BCUT2D eigenvalue weighted by Crippen LogP contribution is 2.14. The van der Waals surface area contributed by atoms with Crippen molar-refractivity contribution in [3.05, 3.63) is 41.0 Å². The number of benzene rings is 1. The molecule has 1 rings (SSSR count). The third kappa shape index (κ3) is 2.55. The molecular weight excluding hydrogens is 160 g/mol. The van der Waals surface area contributed by atoms with Crippen molar-refractivity contribution < 1.29 is 4.79 Å². The van der Waals surface area contributed by atoms with E-state index in [9.17, 15) is 4.79 Å². The van der Waals surface area contributed by atoms with Crippen LogP contribution in [0.4, 0.5) is 0 Å². The zero-order valence-electron chi connectivity index (χ0n) is 8.08. The topological polar surface area (TPSA) is 17.1 Å². The molecule has 1 aromatic rings. The second-order valence-electron chi connectivity index (χ2n) is 3.11. The van der Waals surface area contributed by atoms with Crippen LogP contribution in [0.2, 0.25) is 0 Å². The van der Waals surface area contributed by atoms with E-state index in [4.69, 9.17) is 0 Å². The Balaban J connectivity index is 2.92. The van der Waals surface area contributed by atoms with Crippen LogP contribution in [0, 0.1) is 13.8 Å². The highest BCUT2D eigenvalue weighted by Gasteiger charge is 1.95. The molecule has 0 aliphatic heterocycles. The van der Waals surface area contributed by atoms with Crippen molar-refractivity contribution in [2.24, 2.45) is 0 Å². The van der Waals surface area contributed by atoms with E-state index < -0.39 is 0 Å². The molecule has 0 N–H and O–H groups in total. The number of carbonyl (C=O) groups excluding carboxylic acids is 1. The van der Waals surface area contributed by atoms with Gasteiger partial charge in [-0.15, -0.1) is 0 Å². The van der Waals surface area contributed by atoms with E-state index in [2.05, 4.69) is 26.0 Å². The van der Waals surface area contributed by atoms with Crippen molar-refractivity contribution in [2.75, 3.05) is 0 Å². The maximum absolute atomic E-state index is 10.1. The summed E-state index contributed by atoms with van der Waals surface area (Å²) in [6.45, 7) is 4.15. The van der Waals surface area contributed by atoms with Crippen LogP contribution in [0.1, 0.15) is 23.1 Å². The molecule has 0 bridgehead atoms. The van der Waals surface area contributed by atoms with E-state index in [0.717, 1.165) is 6.29 Å². The summed E-state index contributed by atoms with van der Waals surface area (Å²) in [5, 5.41) is 0. The molecule has 0 aromatic heterocycles. The van der Waals surface area contributed by atoms with Crippen LogP contribution in [0.25, 0.3) is 6.08 Å². The summed E-state index contributed by atoms with van der Waals surface area (Å²) in [6, 6.07) is 6.20. The molecule has 0 heterocycles. The monoisotopic (exact) mass is 174 g/mol. The molecule has 1 heteroatoms. The van der Waals surface area contributed by atoms with Crippen molar-refractivity contribution in [3.63, 3.8) is 0 Å². The fourth-order valence-corrected chi connectivity index (χ4v) is 1.33. The Bertz CT molecular complexity index is 304. The fraction of sp³-hybridized carbons (Fsp3) is 0.250. The Hall–Kier alpha value is -1.37. The number of rotatable bonds is 3. The smallest absolute Gasteiger partial charge is 0.123 e. The van der Waals surface area contributed by atoms with Crippen LogP contribution in [-0.4, -0.2) is 6.29 Å². The molecule has 13 heavy (non-hydrogen) atoms. The van der Waals surface area contributed by atoms with Gasteiger partial charge in [-0.25, -0.2) is 0 Å². The summed E-state index contributed by atoms with van der Waals surface area (Å²) < 4.78 is 0. The van der Waals surface area contributed by atoms with Crippen LogP contribution >= 0.6 is 0 Å². The van der Waals surface area contributed by atoms with Gasteiger partial charge in [0.25, 0.3) is 0 Å². The summed E-state index contributed by atoms with van der Waals surface area (Å²) in [6.07, 6.45) is 5.30. The van der Waals surface area contributed by atoms with Crippen LogP contribution < -0.4 is 0 Å². The SMILES string of the molecule is Cc1cccc(C)c1C=CCC=O. The highest BCUT2D eigenvalue weighted by atomic mass is 16.1. The van der Waals surface area contributed by atoms with E-state index in [0.29, 0.717) is 6.42 Å². The van der Waals surface area contributed by atoms with E-state index in [1.54, 1.807) is 0 Å². The second kappa shape index (κ2) is 4.61. The molecule has 0 aliphatic carbocycles. The molecule has 1 aromatic carbocycles. The first-order chi connectivity index (χ1) is 6.25. The minimum absolute atomic E-state index is 0.494. The predicted molar refractivity (Wildman–Crippen MR) is 55.6 cm³/mol. The van der Waals surface area contributed by atoms with Crippen molar-refractivity contribution >= 4 is 12.4 Å². The lowest BCUT2D eigenvalue weighted by molar-refractivity contribution is -0.107. The molecule has 0 saturated heterocycles. The number of hydrogen-bond donors (Lipinski definition) is 0. The van der Waals surface area contributed by atoms with Gasteiger partial charge < -0.3 is 4.79 Å². The number of aldehydes is 1. The maximum atomic E-state index is 10.1. The summed E-state index contributed by atoms with van der Waals surface area (Å²) in [5.41, 5.74) is 3.73. The molecule has 0 saturated carbocycles. The second-order valence-corrected chi connectivity index (χ2v) is 3.11. The largest absolute Gasteiger partial charge is 0.303 e. The molecule has 68 valence electrons. The Morgan fingerprint density at radius 3 is 2.38 bits per heavy atom. The Morgan fingerprint density at radius 1 is 1.23 bits per heavy atom. The van der Waals surface area contributed by atoms with Crippen LogP contribution in [0.15, 0.2) is 24.3 Å². The van der Waals surface area contributed by atoms with E-state index >= 15 is 0 Å². The maximum Gasteiger partial charge on any atom is 0.123 e. The average Bonchev–Trinajstić information content (AvgIpc) is 2.10. The van der Waals surface area contributed by atoms with Gasteiger partial charge in [0, 0.05) is 6.42 Å². The molecule has 0 unspecified atom stereocenters. The molecule has 1 nitrogen and oxygen atoms in total. The summed E-state index contributed by atoms with van der Waals surface area (Å²) >= 11 is 0. The van der Waals surface area contributed by atoms with Crippen LogP contribution in [0.3, 0.4) is 0 Å². The predicted octanol–water partition coefficient (Wildman–Crippen LogP) is 2.91. The van der Waals surface area contributed by atoms with E-state index in [1.807, 2.05) is 18.2 Å². The van der Waals surface area contributed by atoms with Gasteiger partial charge in [0.2, 0.25) is 0 Å². The molecule has 0 fully saturated rings. The first-order valence-corrected chi connectivity index (χ1v) is 4.42. The third-order valence-electron chi connectivity index (χ3n) is 2.06. The Labute approximate surface area is 79.1 Å². The third-order valence-corrected chi connectivity index (χ3v) is 2.06. The first kappa shape index (κ1) is 9.72. The van der Waals surface area contributed by atoms with Gasteiger partial charge >= 0.3 is 0 Å². The number of hydrogen-bond acceptors (Lipinski definition) is 1. The molecule has 0 aliphatic rings. The molecule has 0 spiro atoms. The minimum Gasteiger partial charge on any atom is -0.303 e. The number of allylic oxidation sites excluding steroid dienone is 1. The van der Waals surface area contributed by atoms with Gasteiger partial charge in [-0.05, 0) is 30.5 Å². The zero-order chi connectivity index (χ0) is 9.68. The van der Waals surface area contributed by atoms with Gasteiger partial charge in [-0.2, -0.15) is 0 Å². The molecule has 0 atom stereocenters. The number of carbonyl (C=O) groups is 1. The van der Waals surface area contributed by atoms with Gasteiger partial charge in [-0.3, -0.25) is 0 Å². The van der Waals surface area contributed by atoms with Gasteiger partial charge in [0.05, 0.1) is 0 Å².